The Hall–Kier alpha value is -0.950. The van der Waals surface area contributed by atoms with Crippen LogP contribution in [0.5, 0.6) is 0 Å². The van der Waals surface area contributed by atoms with Gasteiger partial charge < -0.3 is 4.90 Å². The molecule has 0 aliphatic carbocycles. The van der Waals surface area contributed by atoms with Crippen molar-refractivity contribution in [3.05, 3.63) is 67.5 Å². The SMILES string of the molecule is CCN(Cc1cccc(F)c1)C(=O)c1cc(Br)ccc1I. The van der Waals surface area contributed by atoms with Gasteiger partial charge in [-0.3, -0.25) is 4.79 Å². The Bertz CT molecular complexity index is 662. The summed E-state index contributed by atoms with van der Waals surface area (Å²) in [6.45, 7) is 2.88. The van der Waals surface area contributed by atoms with Crippen molar-refractivity contribution in [2.45, 2.75) is 13.5 Å². The van der Waals surface area contributed by atoms with Crippen molar-refractivity contribution >= 4 is 44.4 Å². The molecule has 2 rings (SSSR count). The molecule has 2 aromatic rings. The molecule has 0 aromatic heterocycles. The molecule has 1 amide bonds. The summed E-state index contributed by atoms with van der Waals surface area (Å²) in [6.07, 6.45) is 0. The van der Waals surface area contributed by atoms with E-state index in [-0.39, 0.29) is 11.7 Å². The van der Waals surface area contributed by atoms with E-state index in [1.165, 1.54) is 12.1 Å². The number of rotatable bonds is 4. The van der Waals surface area contributed by atoms with Gasteiger partial charge in [-0.05, 0) is 65.4 Å². The Morgan fingerprint density at radius 2 is 2.05 bits per heavy atom. The quantitative estimate of drug-likeness (QED) is 0.595. The number of benzene rings is 2. The highest BCUT2D eigenvalue weighted by molar-refractivity contribution is 14.1. The van der Waals surface area contributed by atoms with E-state index in [1.54, 1.807) is 11.0 Å². The van der Waals surface area contributed by atoms with Crippen LogP contribution in [0.25, 0.3) is 0 Å². The maximum atomic E-state index is 13.3. The van der Waals surface area contributed by atoms with Gasteiger partial charge in [0.25, 0.3) is 5.91 Å². The molecule has 0 aliphatic rings. The predicted octanol–water partition coefficient (Wildman–Crippen LogP) is 4.86. The van der Waals surface area contributed by atoms with Gasteiger partial charge in [-0.1, -0.05) is 28.1 Å². The third kappa shape index (κ3) is 4.26. The molecular formula is C16H14BrFINO. The van der Waals surface area contributed by atoms with Crippen molar-refractivity contribution < 1.29 is 9.18 Å². The Labute approximate surface area is 145 Å². The molecule has 21 heavy (non-hydrogen) atoms. The third-order valence-electron chi connectivity index (χ3n) is 3.09. The van der Waals surface area contributed by atoms with Crippen LogP contribution < -0.4 is 0 Å². The average Bonchev–Trinajstić information content (AvgIpc) is 2.46. The van der Waals surface area contributed by atoms with Crippen LogP contribution in [0.4, 0.5) is 4.39 Å². The van der Waals surface area contributed by atoms with Crippen molar-refractivity contribution in [1.29, 1.82) is 0 Å². The van der Waals surface area contributed by atoms with E-state index in [1.807, 2.05) is 31.2 Å². The Balaban J connectivity index is 2.24. The van der Waals surface area contributed by atoms with Gasteiger partial charge in [0.2, 0.25) is 0 Å². The van der Waals surface area contributed by atoms with Crippen molar-refractivity contribution in [3.8, 4) is 0 Å². The first-order chi connectivity index (χ1) is 10.0. The lowest BCUT2D eigenvalue weighted by atomic mass is 10.1. The minimum atomic E-state index is -0.284. The van der Waals surface area contributed by atoms with Gasteiger partial charge in [-0.15, -0.1) is 0 Å². The molecule has 0 unspecified atom stereocenters. The first-order valence-corrected chi connectivity index (χ1v) is 8.37. The summed E-state index contributed by atoms with van der Waals surface area (Å²) >= 11 is 5.54. The molecule has 0 aliphatic heterocycles. The number of carbonyl (C=O) groups is 1. The first-order valence-electron chi connectivity index (χ1n) is 6.50. The number of halogens is 3. The monoisotopic (exact) mass is 461 g/mol. The van der Waals surface area contributed by atoms with Gasteiger partial charge in [0.05, 0.1) is 5.56 Å². The topological polar surface area (TPSA) is 20.3 Å². The van der Waals surface area contributed by atoms with E-state index in [0.717, 1.165) is 13.6 Å². The fourth-order valence-corrected chi connectivity index (χ4v) is 2.94. The van der Waals surface area contributed by atoms with Crippen LogP contribution in [0, 0.1) is 9.39 Å². The summed E-state index contributed by atoms with van der Waals surface area (Å²) in [6, 6.07) is 12.0. The second kappa shape index (κ2) is 7.35. The van der Waals surface area contributed by atoms with Crippen molar-refractivity contribution in [3.63, 3.8) is 0 Å². The molecule has 5 heteroatoms. The van der Waals surface area contributed by atoms with Crippen molar-refractivity contribution in [2.24, 2.45) is 0 Å². The zero-order valence-electron chi connectivity index (χ0n) is 11.4. The average molecular weight is 462 g/mol. The van der Waals surface area contributed by atoms with Crippen LogP contribution in [0.3, 0.4) is 0 Å². The minimum Gasteiger partial charge on any atom is -0.335 e. The van der Waals surface area contributed by atoms with E-state index in [4.69, 9.17) is 0 Å². The summed E-state index contributed by atoms with van der Waals surface area (Å²) in [5.41, 5.74) is 1.44. The lowest BCUT2D eigenvalue weighted by Crippen LogP contribution is -2.30. The maximum Gasteiger partial charge on any atom is 0.255 e. The molecule has 0 atom stereocenters. The fourth-order valence-electron chi connectivity index (χ4n) is 2.01. The standard InChI is InChI=1S/C16H14BrFINO/c1-2-20(10-11-4-3-5-13(18)8-11)16(21)14-9-12(17)6-7-15(14)19/h3-9H,2,10H2,1H3. The molecule has 0 spiro atoms. The smallest absolute Gasteiger partial charge is 0.255 e. The molecule has 0 N–H and O–H groups in total. The fraction of sp³-hybridized carbons (Fsp3) is 0.188. The minimum absolute atomic E-state index is 0.0486. The summed E-state index contributed by atoms with van der Waals surface area (Å²) in [7, 11) is 0. The van der Waals surface area contributed by atoms with Gasteiger partial charge in [0, 0.05) is 21.1 Å². The van der Waals surface area contributed by atoms with E-state index in [2.05, 4.69) is 38.5 Å². The Morgan fingerprint density at radius 3 is 2.71 bits per heavy atom. The molecule has 0 saturated carbocycles. The second-order valence-corrected chi connectivity index (χ2v) is 6.65. The summed E-state index contributed by atoms with van der Waals surface area (Å²) < 4.78 is 15.0. The zero-order chi connectivity index (χ0) is 15.4. The van der Waals surface area contributed by atoms with Crippen LogP contribution in [-0.2, 0) is 6.54 Å². The highest BCUT2D eigenvalue weighted by Crippen LogP contribution is 2.21. The normalized spacial score (nSPS) is 10.5. The first kappa shape index (κ1) is 16.4. The van der Waals surface area contributed by atoms with E-state index >= 15 is 0 Å². The van der Waals surface area contributed by atoms with Crippen LogP contribution >= 0.6 is 38.5 Å². The molecule has 110 valence electrons. The molecule has 0 saturated heterocycles. The van der Waals surface area contributed by atoms with Crippen LogP contribution in [0.2, 0.25) is 0 Å². The zero-order valence-corrected chi connectivity index (χ0v) is 15.2. The van der Waals surface area contributed by atoms with Gasteiger partial charge in [0.15, 0.2) is 0 Å². The number of nitrogens with zero attached hydrogens (tertiary/aromatic N) is 1. The lowest BCUT2D eigenvalue weighted by molar-refractivity contribution is 0.0751. The van der Waals surface area contributed by atoms with Gasteiger partial charge in [-0.2, -0.15) is 0 Å². The molecule has 0 heterocycles. The number of hydrogen-bond acceptors (Lipinski definition) is 1. The molecular weight excluding hydrogens is 448 g/mol. The molecule has 0 bridgehead atoms. The molecule has 0 fully saturated rings. The predicted molar refractivity (Wildman–Crippen MR) is 93.7 cm³/mol. The number of carbonyl (C=O) groups excluding carboxylic acids is 1. The highest BCUT2D eigenvalue weighted by Gasteiger charge is 2.17. The summed E-state index contributed by atoms with van der Waals surface area (Å²) in [5.74, 6) is -0.333. The molecule has 2 nitrogen and oxygen atoms in total. The second-order valence-electron chi connectivity index (χ2n) is 4.57. The molecule has 0 radical (unpaired) electrons. The van der Waals surface area contributed by atoms with Crippen LogP contribution in [0.15, 0.2) is 46.9 Å². The van der Waals surface area contributed by atoms with Crippen molar-refractivity contribution in [2.75, 3.05) is 6.54 Å². The Kier molecular flexibility index (Phi) is 5.75. The van der Waals surface area contributed by atoms with Gasteiger partial charge in [0.1, 0.15) is 5.82 Å². The number of amides is 1. The highest BCUT2D eigenvalue weighted by atomic mass is 127. The summed E-state index contributed by atoms with van der Waals surface area (Å²) in [4.78, 5) is 14.4. The lowest BCUT2D eigenvalue weighted by Gasteiger charge is -2.22. The van der Waals surface area contributed by atoms with E-state index < -0.39 is 0 Å². The van der Waals surface area contributed by atoms with Crippen LogP contribution in [-0.4, -0.2) is 17.4 Å². The van der Waals surface area contributed by atoms with Gasteiger partial charge >= 0.3 is 0 Å². The van der Waals surface area contributed by atoms with Crippen molar-refractivity contribution in [1.82, 2.24) is 4.90 Å². The largest absolute Gasteiger partial charge is 0.335 e. The molecule has 2 aromatic carbocycles. The van der Waals surface area contributed by atoms with E-state index in [0.29, 0.717) is 18.7 Å². The number of hydrogen-bond donors (Lipinski definition) is 0. The third-order valence-corrected chi connectivity index (χ3v) is 4.52. The Morgan fingerprint density at radius 1 is 1.29 bits per heavy atom. The van der Waals surface area contributed by atoms with Crippen LogP contribution in [0.1, 0.15) is 22.8 Å². The van der Waals surface area contributed by atoms with E-state index in [9.17, 15) is 9.18 Å². The maximum absolute atomic E-state index is 13.3. The summed E-state index contributed by atoms with van der Waals surface area (Å²) in [5, 5.41) is 0. The van der Waals surface area contributed by atoms with Gasteiger partial charge in [-0.25, -0.2) is 4.39 Å².